The predicted molar refractivity (Wildman–Crippen MR) is 127 cm³/mol. The van der Waals surface area contributed by atoms with Crippen molar-refractivity contribution in [2.24, 2.45) is 0 Å². The van der Waals surface area contributed by atoms with Crippen LogP contribution in [0.4, 0.5) is 5.82 Å². The molecule has 0 amide bonds. The number of ether oxygens (including phenoxy) is 1. The molecule has 1 saturated heterocycles. The number of morpholine rings is 1. The van der Waals surface area contributed by atoms with Crippen molar-refractivity contribution in [1.29, 1.82) is 5.26 Å². The molecule has 2 aliphatic rings. The van der Waals surface area contributed by atoms with Crippen LogP contribution in [0.3, 0.4) is 0 Å². The van der Waals surface area contributed by atoms with Gasteiger partial charge in [-0.25, -0.2) is 4.98 Å². The van der Waals surface area contributed by atoms with E-state index in [1.54, 1.807) is 11.8 Å². The Labute approximate surface area is 196 Å². The fraction of sp³-hybridized carbons (Fsp3) is 0.455. The predicted octanol–water partition coefficient (Wildman–Crippen LogP) is 5.96. The number of hydrogen-bond donors (Lipinski definition) is 0. The van der Waals surface area contributed by atoms with Gasteiger partial charge in [0.2, 0.25) is 0 Å². The Hall–Kier alpha value is -1.10. The minimum absolute atomic E-state index is 0.105. The third-order valence-electron chi connectivity index (χ3n) is 5.35. The van der Waals surface area contributed by atoms with E-state index in [2.05, 4.69) is 24.8 Å². The molecule has 1 aromatic carbocycles. The normalized spacial score (nSPS) is 18.0. The molecule has 3 heterocycles. The van der Waals surface area contributed by atoms with Gasteiger partial charge in [-0.1, -0.05) is 43.1 Å². The molecule has 30 heavy (non-hydrogen) atoms. The monoisotopic (exact) mass is 479 g/mol. The van der Waals surface area contributed by atoms with Gasteiger partial charge in [-0.15, -0.1) is 11.8 Å². The molecule has 2 aromatic rings. The highest BCUT2D eigenvalue weighted by Crippen LogP contribution is 2.44. The van der Waals surface area contributed by atoms with Gasteiger partial charge in [0.05, 0.1) is 28.8 Å². The number of benzene rings is 1. The lowest BCUT2D eigenvalue weighted by molar-refractivity contribution is 0.122. The lowest BCUT2D eigenvalue weighted by Crippen LogP contribution is -2.38. The minimum atomic E-state index is 0.105. The van der Waals surface area contributed by atoms with Gasteiger partial charge in [-0.2, -0.15) is 17.0 Å². The van der Waals surface area contributed by atoms with Crippen LogP contribution in [0, 0.1) is 11.3 Å². The first kappa shape index (κ1) is 22.1. The largest absolute Gasteiger partial charge is 0.378 e. The zero-order valence-electron chi connectivity index (χ0n) is 17.0. The molecule has 2 aliphatic heterocycles. The van der Waals surface area contributed by atoms with E-state index in [4.69, 9.17) is 32.9 Å². The number of thioether (sulfide) groups is 2. The summed E-state index contributed by atoms with van der Waals surface area (Å²) in [6.07, 6.45) is 0.871. The molecule has 0 spiro atoms. The average molecular weight is 480 g/mol. The fourth-order valence-corrected chi connectivity index (χ4v) is 6.12. The topological polar surface area (TPSA) is 49.2 Å². The number of nitrogens with zero attached hydrogens (tertiary/aromatic N) is 3. The first-order valence-corrected chi connectivity index (χ1v) is 12.6. The molecule has 0 aliphatic carbocycles. The van der Waals surface area contributed by atoms with E-state index in [0.29, 0.717) is 29.0 Å². The Morgan fingerprint density at radius 3 is 2.70 bits per heavy atom. The number of nitriles is 1. The maximum atomic E-state index is 10.0. The van der Waals surface area contributed by atoms with Crippen LogP contribution in [0.5, 0.6) is 0 Å². The van der Waals surface area contributed by atoms with Crippen molar-refractivity contribution in [2.75, 3.05) is 31.2 Å². The number of aromatic nitrogens is 1. The summed E-state index contributed by atoms with van der Waals surface area (Å²) in [6.45, 7) is 7.58. The molecular weight excluding hydrogens is 457 g/mol. The Morgan fingerprint density at radius 2 is 2.00 bits per heavy atom. The first-order chi connectivity index (χ1) is 14.4. The molecule has 0 bridgehead atoms. The second kappa shape index (κ2) is 9.18. The van der Waals surface area contributed by atoms with E-state index in [-0.39, 0.29) is 4.75 Å². The average Bonchev–Trinajstić information content (AvgIpc) is 2.73. The molecule has 0 atom stereocenters. The van der Waals surface area contributed by atoms with E-state index in [9.17, 15) is 5.26 Å². The van der Waals surface area contributed by atoms with Gasteiger partial charge >= 0.3 is 0 Å². The SMILES string of the molecule is CC1(C)Cc2c(C#N)c(SCc3ccc(Cl)c(Cl)c3)nc(N3CCOCC3)c2CS1. The Kier molecular flexibility index (Phi) is 6.76. The van der Waals surface area contributed by atoms with Gasteiger partial charge in [0.25, 0.3) is 0 Å². The Bertz CT molecular complexity index is 1000. The third-order valence-corrected chi connectivity index (χ3v) is 8.49. The molecule has 0 N–H and O–H groups in total. The molecule has 4 nitrogen and oxygen atoms in total. The molecular formula is C22H23Cl2N3OS2. The molecule has 0 saturated carbocycles. The smallest absolute Gasteiger partial charge is 0.134 e. The van der Waals surface area contributed by atoms with E-state index in [1.165, 1.54) is 5.56 Å². The van der Waals surface area contributed by atoms with E-state index in [1.807, 2.05) is 30.0 Å². The summed E-state index contributed by atoms with van der Waals surface area (Å²) in [5, 5.41) is 11.9. The quantitative estimate of drug-likeness (QED) is 0.504. The van der Waals surface area contributed by atoms with Gasteiger partial charge in [0, 0.05) is 34.9 Å². The fourth-order valence-electron chi connectivity index (χ4n) is 3.76. The summed E-state index contributed by atoms with van der Waals surface area (Å²) in [5.41, 5.74) is 4.16. The van der Waals surface area contributed by atoms with E-state index >= 15 is 0 Å². The van der Waals surface area contributed by atoms with Crippen LogP contribution in [0.25, 0.3) is 0 Å². The van der Waals surface area contributed by atoms with Crippen LogP contribution in [0.2, 0.25) is 10.0 Å². The second-order valence-corrected chi connectivity index (χ2v) is 11.5. The highest BCUT2D eigenvalue weighted by Gasteiger charge is 2.33. The molecule has 158 valence electrons. The summed E-state index contributed by atoms with van der Waals surface area (Å²) >= 11 is 15.8. The van der Waals surface area contributed by atoms with Gasteiger partial charge in [0.1, 0.15) is 16.9 Å². The van der Waals surface area contributed by atoms with Crippen molar-refractivity contribution in [3.8, 4) is 6.07 Å². The lowest BCUT2D eigenvalue weighted by atomic mass is 9.94. The van der Waals surface area contributed by atoms with E-state index in [0.717, 1.165) is 52.8 Å². The van der Waals surface area contributed by atoms with Crippen molar-refractivity contribution >= 4 is 52.5 Å². The van der Waals surface area contributed by atoms with Crippen molar-refractivity contribution < 1.29 is 4.74 Å². The molecule has 8 heteroatoms. The van der Waals surface area contributed by atoms with Crippen molar-refractivity contribution in [1.82, 2.24) is 4.98 Å². The van der Waals surface area contributed by atoms with Crippen LogP contribution in [-0.4, -0.2) is 36.0 Å². The minimum Gasteiger partial charge on any atom is -0.378 e. The number of rotatable bonds is 4. The highest BCUT2D eigenvalue weighted by molar-refractivity contribution is 8.00. The zero-order chi connectivity index (χ0) is 21.3. The maximum absolute atomic E-state index is 10.0. The van der Waals surface area contributed by atoms with Crippen LogP contribution >= 0.6 is 46.7 Å². The van der Waals surface area contributed by atoms with Gasteiger partial charge in [0.15, 0.2) is 0 Å². The number of pyridine rings is 1. The highest BCUT2D eigenvalue weighted by atomic mass is 35.5. The summed E-state index contributed by atoms with van der Waals surface area (Å²) in [6, 6.07) is 8.12. The van der Waals surface area contributed by atoms with Gasteiger partial charge < -0.3 is 9.64 Å². The summed E-state index contributed by atoms with van der Waals surface area (Å²) in [7, 11) is 0. The van der Waals surface area contributed by atoms with Gasteiger partial charge in [-0.3, -0.25) is 0 Å². The van der Waals surface area contributed by atoms with Crippen LogP contribution < -0.4 is 4.90 Å². The number of anilines is 1. The van der Waals surface area contributed by atoms with Crippen molar-refractivity contribution in [3.05, 3.63) is 50.5 Å². The summed E-state index contributed by atoms with van der Waals surface area (Å²) in [4.78, 5) is 7.33. The zero-order valence-corrected chi connectivity index (χ0v) is 20.1. The lowest BCUT2D eigenvalue weighted by Gasteiger charge is -2.36. The molecule has 0 radical (unpaired) electrons. The maximum Gasteiger partial charge on any atom is 0.134 e. The number of hydrogen-bond acceptors (Lipinski definition) is 6. The molecule has 0 unspecified atom stereocenters. The van der Waals surface area contributed by atoms with Crippen molar-refractivity contribution in [3.63, 3.8) is 0 Å². The molecule has 1 aromatic heterocycles. The van der Waals surface area contributed by atoms with Crippen LogP contribution in [-0.2, 0) is 22.7 Å². The number of halogens is 2. The first-order valence-electron chi connectivity index (χ1n) is 9.87. The van der Waals surface area contributed by atoms with Crippen LogP contribution in [0.1, 0.15) is 36.1 Å². The van der Waals surface area contributed by atoms with Crippen molar-refractivity contribution in [2.45, 2.75) is 41.5 Å². The third kappa shape index (κ3) is 4.71. The summed E-state index contributed by atoms with van der Waals surface area (Å²) in [5.74, 6) is 2.58. The Morgan fingerprint density at radius 1 is 1.23 bits per heavy atom. The standard InChI is InChI=1S/C22H23Cl2N3OS2/c1-22(2)10-15-16(11-25)21(29-12-14-3-4-18(23)19(24)9-14)26-20(17(15)13-30-22)27-5-7-28-8-6-27/h3-4,9H,5-8,10,12-13H2,1-2H3. The summed E-state index contributed by atoms with van der Waals surface area (Å²) < 4.78 is 5.65. The van der Waals surface area contributed by atoms with Gasteiger partial charge in [-0.05, 0) is 29.7 Å². The van der Waals surface area contributed by atoms with Crippen LogP contribution in [0.15, 0.2) is 23.2 Å². The second-order valence-electron chi connectivity index (χ2n) is 8.05. The molecule has 4 rings (SSSR count). The molecule has 1 fully saturated rings. The number of fused-ring (bicyclic) bond motifs is 1. The Balaban J connectivity index is 1.73. The van der Waals surface area contributed by atoms with E-state index < -0.39 is 0 Å².